The number of rotatable bonds is 7. The fourth-order valence-electron chi connectivity index (χ4n) is 1.86. The molecule has 0 saturated carbocycles. The summed E-state index contributed by atoms with van der Waals surface area (Å²) in [6, 6.07) is 4.10. The topological polar surface area (TPSA) is 83.4 Å². The Balaban J connectivity index is 2.34. The Morgan fingerprint density at radius 3 is 2.68 bits per heavy atom. The van der Waals surface area contributed by atoms with Crippen molar-refractivity contribution in [2.45, 2.75) is 32.7 Å². The average Bonchev–Trinajstić information content (AvgIpc) is 2.45. The van der Waals surface area contributed by atoms with E-state index < -0.39 is 9.84 Å². The van der Waals surface area contributed by atoms with Gasteiger partial charge in [0.1, 0.15) is 9.84 Å². The van der Waals surface area contributed by atoms with Gasteiger partial charge in [0, 0.05) is 37.8 Å². The first-order valence-electron chi connectivity index (χ1n) is 7.36. The molecule has 0 saturated heterocycles. The van der Waals surface area contributed by atoms with E-state index in [0.717, 1.165) is 18.7 Å². The molecule has 1 aromatic rings. The van der Waals surface area contributed by atoms with Gasteiger partial charge in [-0.1, -0.05) is 6.07 Å². The van der Waals surface area contributed by atoms with E-state index in [9.17, 15) is 8.42 Å². The van der Waals surface area contributed by atoms with E-state index in [0.29, 0.717) is 12.4 Å². The van der Waals surface area contributed by atoms with Crippen molar-refractivity contribution in [3.63, 3.8) is 0 Å². The lowest BCUT2D eigenvalue weighted by atomic mass is 10.2. The normalized spacial score (nSPS) is 13.7. The molecule has 0 fully saturated rings. The minimum atomic E-state index is -2.93. The third kappa shape index (κ3) is 7.97. The van der Waals surface area contributed by atoms with Crippen molar-refractivity contribution in [2.75, 3.05) is 25.6 Å². The van der Waals surface area contributed by atoms with Crippen molar-refractivity contribution in [3.05, 3.63) is 29.6 Å². The zero-order valence-electron chi connectivity index (χ0n) is 13.8. The van der Waals surface area contributed by atoms with Crippen molar-refractivity contribution in [2.24, 2.45) is 4.99 Å². The lowest BCUT2D eigenvalue weighted by Gasteiger charge is -2.17. The highest BCUT2D eigenvalue weighted by Gasteiger charge is 2.09. The molecule has 1 unspecified atom stereocenters. The Morgan fingerprint density at radius 1 is 1.41 bits per heavy atom. The second kappa shape index (κ2) is 8.73. The molecule has 1 rings (SSSR count). The molecule has 1 atom stereocenters. The third-order valence-electron chi connectivity index (χ3n) is 3.21. The minimum absolute atomic E-state index is 0.0435. The first kappa shape index (κ1) is 18.4. The highest BCUT2D eigenvalue weighted by Crippen LogP contribution is 1.99. The zero-order chi connectivity index (χ0) is 16.6. The van der Waals surface area contributed by atoms with E-state index in [1.807, 2.05) is 26.1 Å². The maximum atomic E-state index is 11.2. The molecule has 6 nitrogen and oxygen atoms in total. The lowest BCUT2D eigenvalue weighted by Crippen LogP contribution is -2.43. The average molecular weight is 326 g/mol. The number of aromatic nitrogens is 1. The molecule has 0 aliphatic carbocycles. The van der Waals surface area contributed by atoms with E-state index in [1.54, 1.807) is 7.05 Å². The van der Waals surface area contributed by atoms with Crippen molar-refractivity contribution in [1.29, 1.82) is 0 Å². The molecule has 22 heavy (non-hydrogen) atoms. The first-order valence-corrected chi connectivity index (χ1v) is 9.42. The van der Waals surface area contributed by atoms with Gasteiger partial charge in [0.05, 0.1) is 5.75 Å². The second-order valence-electron chi connectivity index (χ2n) is 5.52. The van der Waals surface area contributed by atoms with Crippen molar-refractivity contribution >= 4 is 15.8 Å². The molecule has 0 radical (unpaired) electrons. The number of aliphatic imine (C=N–C) groups is 1. The van der Waals surface area contributed by atoms with Crippen molar-refractivity contribution in [1.82, 2.24) is 15.6 Å². The molecule has 0 aliphatic rings. The van der Waals surface area contributed by atoms with Crippen LogP contribution in [-0.4, -0.2) is 51.0 Å². The maximum Gasteiger partial charge on any atom is 0.191 e. The molecule has 124 valence electrons. The van der Waals surface area contributed by atoms with Gasteiger partial charge in [0.2, 0.25) is 0 Å². The number of pyridine rings is 1. The Kier molecular flexibility index (Phi) is 7.31. The van der Waals surface area contributed by atoms with E-state index in [2.05, 4.69) is 26.7 Å². The first-order chi connectivity index (χ1) is 10.3. The SMILES string of the molecule is CN=C(NCCc1ccc(C)nc1)NC(C)CCS(C)(=O)=O. The molecule has 1 heterocycles. The van der Waals surface area contributed by atoms with Crippen LogP contribution in [0.15, 0.2) is 23.3 Å². The van der Waals surface area contributed by atoms with Crippen LogP contribution in [0.5, 0.6) is 0 Å². The van der Waals surface area contributed by atoms with Gasteiger partial charge in [-0.25, -0.2) is 8.42 Å². The molecule has 0 aromatic carbocycles. The van der Waals surface area contributed by atoms with Crippen LogP contribution in [0.4, 0.5) is 0 Å². The molecule has 0 bridgehead atoms. The number of sulfone groups is 1. The number of hydrogen-bond acceptors (Lipinski definition) is 4. The number of hydrogen-bond donors (Lipinski definition) is 2. The quantitative estimate of drug-likeness (QED) is 0.575. The van der Waals surface area contributed by atoms with Crippen LogP contribution >= 0.6 is 0 Å². The highest BCUT2D eigenvalue weighted by atomic mass is 32.2. The number of nitrogens with zero attached hydrogens (tertiary/aromatic N) is 2. The smallest absolute Gasteiger partial charge is 0.191 e. The summed E-state index contributed by atoms with van der Waals surface area (Å²) < 4.78 is 22.3. The van der Waals surface area contributed by atoms with Crippen LogP contribution in [0.2, 0.25) is 0 Å². The van der Waals surface area contributed by atoms with Crippen LogP contribution in [0, 0.1) is 6.92 Å². The third-order valence-corrected chi connectivity index (χ3v) is 4.18. The fourth-order valence-corrected chi connectivity index (χ4v) is 2.64. The summed E-state index contributed by atoms with van der Waals surface area (Å²) in [6.45, 7) is 4.65. The van der Waals surface area contributed by atoms with E-state index in [4.69, 9.17) is 0 Å². The molecule has 2 N–H and O–H groups in total. The summed E-state index contributed by atoms with van der Waals surface area (Å²) >= 11 is 0. The van der Waals surface area contributed by atoms with Gasteiger partial charge in [0.15, 0.2) is 5.96 Å². The standard InChI is InChI=1S/C15H26N4O2S/c1-12-5-6-14(11-18-12)7-9-17-15(16-3)19-13(2)8-10-22(4,20)21/h5-6,11,13H,7-10H2,1-4H3,(H2,16,17,19). The monoisotopic (exact) mass is 326 g/mol. The summed E-state index contributed by atoms with van der Waals surface area (Å²) in [5.41, 5.74) is 2.17. The fraction of sp³-hybridized carbons (Fsp3) is 0.600. The van der Waals surface area contributed by atoms with Crippen LogP contribution in [0.3, 0.4) is 0 Å². The Bertz CT molecular complexity index is 582. The summed E-state index contributed by atoms with van der Waals surface area (Å²) in [5.74, 6) is 0.855. The van der Waals surface area contributed by atoms with Gasteiger partial charge in [-0.3, -0.25) is 9.98 Å². The molecule has 7 heteroatoms. The Hall–Kier alpha value is -1.63. The largest absolute Gasteiger partial charge is 0.356 e. The lowest BCUT2D eigenvalue weighted by molar-refractivity contribution is 0.581. The van der Waals surface area contributed by atoms with Crippen molar-refractivity contribution < 1.29 is 8.42 Å². The minimum Gasteiger partial charge on any atom is -0.356 e. The van der Waals surface area contributed by atoms with Crippen LogP contribution in [0.1, 0.15) is 24.6 Å². The van der Waals surface area contributed by atoms with Crippen LogP contribution in [0.25, 0.3) is 0 Å². The number of guanidine groups is 1. The van der Waals surface area contributed by atoms with Gasteiger partial charge in [-0.2, -0.15) is 0 Å². The highest BCUT2D eigenvalue weighted by molar-refractivity contribution is 7.90. The maximum absolute atomic E-state index is 11.2. The van der Waals surface area contributed by atoms with Gasteiger partial charge in [0.25, 0.3) is 0 Å². The molecular formula is C15H26N4O2S. The van der Waals surface area contributed by atoms with Crippen molar-refractivity contribution in [3.8, 4) is 0 Å². The van der Waals surface area contributed by atoms with Gasteiger partial charge in [-0.15, -0.1) is 0 Å². The number of aryl methyl sites for hydroxylation is 1. The molecule has 1 aromatic heterocycles. The molecule has 0 aliphatic heterocycles. The summed E-state index contributed by atoms with van der Waals surface area (Å²) in [4.78, 5) is 8.41. The summed E-state index contributed by atoms with van der Waals surface area (Å²) in [7, 11) is -1.23. The Morgan fingerprint density at radius 2 is 2.14 bits per heavy atom. The summed E-state index contributed by atoms with van der Waals surface area (Å²) in [6.07, 6.45) is 4.54. The predicted octanol–water partition coefficient (Wildman–Crippen LogP) is 0.921. The van der Waals surface area contributed by atoms with Gasteiger partial charge in [-0.05, 0) is 38.3 Å². The molecular weight excluding hydrogens is 300 g/mol. The predicted molar refractivity (Wildman–Crippen MR) is 91.0 cm³/mol. The zero-order valence-corrected chi connectivity index (χ0v) is 14.6. The van der Waals surface area contributed by atoms with Crippen LogP contribution < -0.4 is 10.6 Å². The second-order valence-corrected chi connectivity index (χ2v) is 7.78. The van der Waals surface area contributed by atoms with E-state index in [-0.39, 0.29) is 11.8 Å². The van der Waals surface area contributed by atoms with Crippen LogP contribution in [-0.2, 0) is 16.3 Å². The number of nitrogens with one attached hydrogen (secondary N) is 2. The van der Waals surface area contributed by atoms with E-state index >= 15 is 0 Å². The van der Waals surface area contributed by atoms with Gasteiger partial charge >= 0.3 is 0 Å². The van der Waals surface area contributed by atoms with E-state index in [1.165, 1.54) is 11.8 Å². The molecule has 0 amide bonds. The molecule has 0 spiro atoms. The van der Waals surface area contributed by atoms with Gasteiger partial charge < -0.3 is 10.6 Å². The Labute approximate surface area is 133 Å². The summed E-state index contributed by atoms with van der Waals surface area (Å²) in [5, 5.41) is 6.42.